The van der Waals surface area contributed by atoms with E-state index in [0.29, 0.717) is 0 Å². The summed E-state index contributed by atoms with van der Waals surface area (Å²) >= 11 is 0. The van der Waals surface area contributed by atoms with Gasteiger partial charge in [0.1, 0.15) is 24.4 Å². The lowest BCUT2D eigenvalue weighted by atomic mass is 10.1. The predicted molar refractivity (Wildman–Crippen MR) is 36.0 cm³/mol. The van der Waals surface area contributed by atoms with E-state index in [1.54, 1.807) is 0 Å². The smallest absolute Gasteiger partial charge is 0.184 e. The van der Waals surface area contributed by atoms with Crippen molar-refractivity contribution in [2.45, 2.75) is 30.7 Å². The van der Waals surface area contributed by atoms with Gasteiger partial charge in [-0.2, -0.15) is 0 Å². The predicted octanol–water partition coefficient (Wildman–Crippen LogP) is -3.22. The van der Waals surface area contributed by atoms with E-state index in [1.165, 1.54) is 0 Å². The Bertz CT molecular complexity index is 146. The van der Waals surface area contributed by atoms with Gasteiger partial charge in [-0.05, 0) is 0 Å². The van der Waals surface area contributed by atoms with Crippen LogP contribution in [0, 0.1) is 0 Å². The molecule has 1 unspecified atom stereocenters. The first-order valence-electron chi connectivity index (χ1n) is 3.56. The second-order valence-electron chi connectivity index (χ2n) is 2.72. The fourth-order valence-corrected chi connectivity index (χ4v) is 1.08. The second kappa shape index (κ2) is 3.65. The first-order chi connectivity index (χ1) is 5.57. The molecule has 0 aromatic carbocycles. The van der Waals surface area contributed by atoms with E-state index in [1.807, 2.05) is 0 Å². The maximum absolute atomic E-state index is 9.12. The minimum absolute atomic E-state index is 0.526. The number of aliphatic hydroxyl groups is 5. The maximum atomic E-state index is 9.12. The van der Waals surface area contributed by atoms with Crippen LogP contribution < -0.4 is 0 Å². The molecular weight excluding hydrogens is 170 g/mol. The van der Waals surface area contributed by atoms with Gasteiger partial charge in [-0.25, -0.2) is 0 Å². The Morgan fingerprint density at radius 3 is 2.25 bits per heavy atom. The number of rotatable bonds is 1. The Morgan fingerprint density at radius 2 is 1.75 bits per heavy atom. The molecule has 6 heteroatoms. The maximum Gasteiger partial charge on any atom is 0.184 e. The summed E-state index contributed by atoms with van der Waals surface area (Å²) in [5.41, 5.74) is 0. The van der Waals surface area contributed by atoms with Gasteiger partial charge in [0.15, 0.2) is 6.29 Å². The molecule has 12 heavy (non-hydrogen) atoms. The summed E-state index contributed by atoms with van der Waals surface area (Å²) in [5.74, 6) is 0. The van der Waals surface area contributed by atoms with Crippen LogP contribution in [0.2, 0.25) is 0 Å². The van der Waals surface area contributed by atoms with Gasteiger partial charge in [0.25, 0.3) is 0 Å². The van der Waals surface area contributed by atoms with Gasteiger partial charge in [-0.1, -0.05) is 0 Å². The fraction of sp³-hybridized carbons (Fsp3) is 1.00. The van der Waals surface area contributed by atoms with Crippen LogP contribution in [0.4, 0.5) is 0 Å². The van der Waals surface area contributed by atoms with Crippen molar-refractivity contribution >= 4 is 0 Å². The number of aliphatic hydroxyl groups excluding tert-OH is 5. The van der Waals surface area contributed by atoms with E-state index in [2.05, 4.69) is 4.74 Å². The van der Waals surface area contributed by atoms with Crippen molar-refractivity contribution in [3.8, 4) is 0 Å². The lowest BCUT2D eigenvalue weighted by Crippen LogP contribution is -2.58. The summed E-state index contributed by atoms with van der Waals surface area (Å²) in [6.45, 7) is -0.526. The second-order valence-corrected chi connectivity index (χ2v) is 2.72. The number of hydrogen-bond donors (Lipinski definition) is 5. The minimum Gasteiger partial charge on any atom is -0.394 e. The fourth-order valence-electron chi connectivity index (χ4n) is 1.08. The Morgan fingerprint density at radius 1 is 1.17 bits per heavy atom. The largest absolute Gasteiger partial charge is 0.394 e. The molecule has 0 aliphatic carbocycles. The van der Waals surface area contributed by atoms with E-state index in [4.69, 9.17) is 25.5 Å². The summed E-state index contributed by atoms with van der Waals surface area (Å²) in [7, 11) is 0. The van der Waals surface area contributed by atoms with Crippen LogP contribution in [0.25, 0.3) is 0 Å². The highest BCUT2D eigenvalue weighted by Crippen LogP contribution is 2.18. The third kappa shape index (κ3) is 1.58. The molecule has 0 amide bonds. The molecule has 0 radical (unpaired) electrons. The van der Waals surface area contributed by atoms with Gasteiger partial charge in [0.05, 0.1) is 6.61 Å². The summed E-state index contributed by atoms with van der Waals surface area (Å²) in [6.07, 6.45) is -7.04. The number of hydrogen-bond acceptors (Lipinski definition) is 6. The molecule has 1 fully saturated rings. The monoisotopic (exact) mass is 182 g/mol. The van der Waals surface area contributed by atoms with Crippen molar-refractivity contribution < 1.29 is 30.3 Å². The normalized spacial score (nSPS) is 49.2. The van der Waals surface area contributed by atoms with Gasteiger partial charge in [-0.3, -0.25) is 0 Å². The van der Waals surface area contributed by atoms with Crippen molar-refractivity contribution in [3.63, 3.8) is 0 Å². The molecular formula is C6H12O6. The highest BCUT2D eigenvalue weighted by molar-refractivity contribution is 4.87. The van der Waals surface area contributed by atoms with E-state index < -0.39 is 37.3 Å². The molecule has 1 aliphatic heterocycles. The van der Waals surface area contributed by atoms with Crippen LogP contribution in [-0.4, -0.2) is 62.8 Å². The highest BCUT2D eigenvalue weighted by Gasteiger charge is 2.42. The topological polar surface area (TPSA) is 110 Å². The van der Waals surface area contributed by atoms with Gasteiger partial charge in [0, 0.05) is 0 Å². The molecule has 0 bridgehead atoms. The Labute approximate surface area is 68.6 Å². The van der Waals surface area contributed by atoms with Crippen LogP contribution in [0.1, 0.15) is 0 Å². The van der Waals surface area contributed by atoms with Crippen LogP contribution in [-0.2, 0) is 4.74 Å². The summed E-state index contributed by atoms with van der Waals surface area (Å²) in [5, 5.41) is 44.7. The number of ether oxygens (including phenoxy) is 1. The lowest BCUT2D eigenvalue weighted by molar-refractivity contribution is -0.286. The molecule has 72 valence electrons. The van der Waals surface area contributed by atoms with Gasteiger partial charge in [-0.15, -0.1) is 0 Å². The summed E-state index contributed by atoms with van der Waals surface area (Å²) in [6, 6.07) is 0. The summed E-state index contributed by atoms with van der Waals surface area (Å²) < 4.78 is 4.58. The quantitative estimate of drug-likeness (QED) is 0.292. The molecule has 5 N–H and O–H groups in total. The van der Waals surface area contributed by atoms with Crippen molar-refractivity contribution in [2.75, 3.05) is 6.61 Å². The SMILES string of the molecule is OC[C@H]1O[14CH](O)[C@H](O)[C@@H](O)[C@@H]1O. The minimum atomic E-state index is -1.57. The average molecular weight is 182 g/mol. The average Bonchev–Trinajstić information content (AvgIpc) is 2.08. The van der Waals surface area contributed by atoms with Crippen LogP contribution in [0.5, 0.6) is 0 Å². The molecule has 5 atom stereocenters. The van der Waals surface area contributed by atoms with Crippen LogP contribution in [0.3, 0.4) is 0 Å². The molecule has 6 nitrogen and oxygen atoms in total. The van der Waals surface area contributed by atoms with Crippen molar-refractivity contribution in [3.05, 3.63) is 0 Å². The van der Waals surface area contributed by atoms with Crippen molar-refractivity contribution in [1.29, 1.82) is 0 Å². The lowest BCUT2D eigenvalue weighted by Gasteiger charge is -2.37. The van der Waals surface area contributed by atoms with Gasteiger partial charge < -0.3 is 30.3 Å². The van der Waals surface area contributed by atoms with E-state index in [0.717, 1.165) is 0 Å². The summed E-state index contributed by atoms with van der Waals surface area (Å²) in [4.78, 5) is 0. The Kier molecular flexibility index (Phi) is 2.99. The highest BCUT2D eigenvalue weighted by atomic mass is 16.9. The van der Waals surface area contributed by atoms with Crippen LogP contribution >= 0.6 is 0 Å². The first-order valence-corrected chi connectivity index (χ1v) is 3.56. The molecule has 1 aliphatic rings. The van der Waals surface area contributed by atoms with Crippen molar-refractivity contribution in [1.82, 2.24) is 0 Å². The van der Waals surface area contributed by atoms with Gasteiger partial charge in [0.2, 0.25) is 0 Å². The molecule has 1 heterocycles. The van der Waals surface area contributed by atoms with E-state index in [-0.39, 0.29) is 0 Å². The van der Waals surface area contributed by atoms with E-state index in [9.17, 15) is 0 Å². The molecule has 0 aromatic rings. The molecule has 0 saturated carbocycles. The molecule has 0 aromatic heterocycles. The van der Waals surface area contributed by atoms with E-state index >= 15 is 0 Å². The molecule has 1 saturated heterocycles. The standard InChI is InChI=1S/C6H12O6/c7-1-2-3(8)4(9)5(10)6(11)12-2/h2-11H,1H2/t2-,3-,4+,5-,6?/m1/s1/i6+2. The molecule has 0 spiro atoms. The molecule has 1 rings (SSSR count). The van der Waals surface area contributed by atoms with Crippen molar-refractivity contribution in [2.24, 2.45) is 0 Å². The third-order valence-corrected chi connectivity index (χ3v) is 1.87. The zero-order valence-electron chi connectivity index (χ0n) is 6.24. The van der Waals surface area contributed by atoms with Gasteiger partial charge >= 0.3 is 0 Å². The zero-order valence-corrected chi connectivity index (χ0v) is 6.24. The Hall–Kier alpha value is -0.240. The Balaban J connectivity index is 2.63. The van der Waals surface area contributed by atoms with Crippen LogP contribution in [0.15, 0.2) is 0 Å². The third-order valence-electron chi connectivity index (χ3n) is 1.87. The first kappa shape index (κ1) is 9.85. The zero-order chi connectivity index (χ0) is 9.30.